The SMILES string of the molecule is CC1(C)C2CCC1(C1CCC(=O)NC1)c1nnc(-c3c(F)cccc3F)cc12. The molecule has 2 aliphatic carbocycles. The van der Waals surface area contributed by atoms with Crippen molar-refractivity contribution >= 4 is 5.91 Å². The highest BCUT2D eigenvalue weighted by atomic mass is 19.1. The maximum absolute atomic E-state index is 14.3. The zero-order chi connectivity index (χ0) is 19.7. The lowest BCUT2D eigenvalue weighted by atomic mass is 9.59. The van der Waals surface area contributed by atoms with E-state index in [2.05, 4.69) is 29.4 Å². The van der Waals surface area contributed by atoms with Gasteiger partial charge >= 0.3 is 0 Å². The van der Waals surface area contributed by atoms with E-state index in [0.29, 0.717) is 18.9 Å². The molecule has 3 unspecified atom stereocenters. The summed E-state index contributed by atoms with van der Waals surface area (Å²) in [5.74, 6) is -0.557. The van der Waals surface area contributed by atoms with Crippen LogP contribution in [0.1, 0.15) is 56.7 Å². The Morgan fingerprint density at radius 2 is 1.89 bits per heavy atom. The van der Waals surface area contributed by atoms with Crippen LogP contribution in [-0.2, 0) is 10.2 Å². The highest BCUT2D eigenvalue weighted by molar-refractivity contribution is 5.76. The second kappa shape index (κ2) is 5.82. The van der Waals surface area contributed by atoms with Gasteiger partial charge in [0.2, 0.25) is 5.91 Å². The van der Waals surface area contributed by atoms with Crippen molar-refractivity contribution in [1.29, 1.82) is 0 Å². The number of nitrogens with zero attached hydrogens (tertiary/aromatic N) is 2. The van der Waals surface area contributed by atoms with Gasteiger partial charge in [-0.05, 0) is 60.3 Å². The van der Waals surface area contributed by atoms with Crippen LogP contribution >= 0.6 is 0 Å². The number of aromatic nitrogens is 2. The molecule has 28 heavy (non-hydrogen) atoms. The van der Waals surface area contributed by atoms with Crippen molar-refractivity contribution in [3.05, 3.63) is 47.2 Å². The topological polar surface area (TPSA) is 54.9 Å². The van der Waals surface area contributed by atoms with E-state index in [4.69, 9.17) is 0 Å². The largest absolute Gasteiger partial charge is 0.356 e. The van der Waals surface area contributed by atoms with Gasteiger partial charge in [-0.25, -0.2) is 8.78 Å². The van der Waals surface area contributed by atoms with E-state index >= 15 is 0 Å². The third-order valence-electron chi connectivity index (χ3n) is 7.65. The van der Waals surface area contributed by atoms with E-state index in [1.54, 1.807) is 0 Å². The van der Waals surface area contributed by atoms with Crippen LogP contribution in [0, 0.1) is 23.0 Å². The lowest BCUT2D eigenvalue weighted by molar-refractivity contribution is -0.123. The normalized spacial score (nSPS) is 30.2. The summed E-state index contributed by atoms with van der Waals surface area (Å²) in [6.45, 7) is 5.19. The van der Waals surface area contributed by atoms with Crippen LogP contribution in [0.15, 0.2) is 24.3 Å². The fraction of sp³-hybridized carbons (Fsp3) is 0.500. The molecule has 1 aromatic carbocycles. The first-order valence-electron chi connectivity index (χ1n) is 9.95. The average Bonchev–Trinajstić information content (AvgIpc) is 3.04. The van der Waals surface area contributed by atoms with Crippen molar-refractivity contribution < 1.29 is 13.6 Å². The first kappa shape index (κ1) is 17.7. The van der Waals surface area contributed by atoms with Crippen LogP contribution < -0.4 is 5.32 Å². The molecule has 4 nitrogen and oxygen atoms in total. The zero-order valence-corrected chi connectivity index (χ0v) is 16.1. The molecule has 2 heterocycles. The maximum atomic E-state index is 14.3. The van der Waals surface area contributed by atoms with Crippen molar-refractivity contribution in [1.82, 2.24) is 15.5 Å². The molecular weight excluding hydrogens is 360 g/mol. The van der Waals surface area contributed by atoms with E-state index in [1.807, 2.05) is 6.07 Å². The van der Waals surface area contributed by atoms with Crippen molar-refractivity contribution in [3.63, 3.8) is 0 Å². The number of rotatable bonds is 2. The molecule has 0 radical (unpaired) electrons. The Kier molecular flexibility index (Phi) is 3.68. The molecule has 6 heteroatoms. The smallest absolute Gasteiger partial charge is 0.220 e. The zero-order valence-electron chi connectivity index (χ0n) is 16.1. The van der Waals surface area contributed by atoms with Gasteiger partial charge < -0.3 is 5.32 Å². The summed E-state index contributed by atoms with van der Waals surface area (Å²) in [7, 11) is 0. The fourth-order valence-corrected chi connectivity index (χ4v) is 6.29. The minimum absolute atomic E-state index is 0.0385. The number of halogens is 2. The summed E-state index contributed by atoms with van der Waals surface area (Å²) in [5.41, 5.74) is 1.99. The van der Waals surface area contributed by atoms with Gasteiger partial charge in [-0.1, -0.05) is 19.9 Å². The summed E-state index contributed by atoms with van der Waals surface area (Å²) >= 11 is 0. The molecule has 2 aromatic rings. The number of hydrogen-bond acceptors (Lipinski definition) is 3. The molecule has 146 valence electrons. The van der Waals surface area contributed by atoms with Gasteiger partial charge in [0.1, 0.15) is 11.6 Å². The van der Waals surface area contributed by atoms with Crippen LogP contribution in [0.2, 0.25) is 0 Å². The molecule has 0 spiro atoms. The van der Waals surface area contributed by atoms with Crippen LogP contribution in [0.3, 0.4) is 0 Å². The number of amides is 1. The highest BCUT2D eigenvalue weighted by Crippen LogP contribution is 2.70. The van der Waals surface area contributed by atoms with Gasteiger partial charge in [-0.3, -0.25) is 4.79 Å². The maximum Gasteiger partial charge on any atom is 0.220 e. The average molecular weight is 383 g/mol. The molecule has 1 N–H and O–H groups in total. The van der Waals surface area contributed by atoms with Crippen LogP contribution in [0.4, 0.5) is 8.78 Å². The Morgan fingerprint density at radius 3 is 2.57 bits per heavy atom. The van der Waals surface area contributed by atoms with E-state index in [1.165, 1.54) is 18.2 Å². The summed E-state index contributed by atoms with van der Waals surface area (Å²) in [6, 6.07) is 5.69. The highest BCUT2D eigenvalue weighted by Gasteiger charge is 2.66. The predicted octanol–water partition coefficient (Wildman–Crippen LogP) is 4.10. The fourth-order valence-electron chi connectivity index (χ4n) is 6.29. The predicted molar refractivity (Wildman–Crippen MR) is 101 cm³/mol. The van der Waals surface area contributed by atoms with E-state index in [-0.39, 0.29) is 33.9 Å². The molecule has 2 bridgehead atoms. The number of benzene rings is 1. The van der Waals surface area contributed by atoms with Crippen molar-refractivity contribution in [3.8, 4) is 11.3 Å². The lowest BCUT2D eigenvalue weighted by Crippen LogP contribution is -2.50. The number of carbonyl (C=O) groups excluding carboxylic acids is 1. The minimum atomic E-state index is -0.624. The van der Waals surface area contributed by atoms with Crippen molar-refractivity contribution in [2.45, 2.75) is 50.9 Å². The molecule has 3 atom stereocenters. The number of carbonyl (C=O) groups is 1. The Balaban J connectivity index is 1.64. The standard InChI is InChI=1S/C22H23F2N3O/c1-21(2)14-8-9-22(21,12-6-7-18(28)25-11-12)20-13(14)10-17(26-27-20)19-15(23)4-3-5-16(19)24/h3-5,10,12,14H,6-9,11H2,1-2H3,(H,25,28). The second-order valence-corrected chi connectivity index (χ2v) is 8.95. The number of fused-ring (bicyclic) bond motifs is 5. The first-order chi connectivity index (χ1) is 13.4. The minimum Gasteiger partial charge on any atom is -0.356 e. The Morgan fingerprint density at radius 1 is 1.14 bits per heavy atom. The number of piperidine rings is 1. The van der Waals surface area contributed by atoms with Gasteiger partial charge in [0.05, 0.1) is 17.0 Å². The Hall–Kier alpha value is -2.37. The van der Waals surface area contributed by atoms with E-state index < -0.39 is 11.6 Å². The molecule has 5 rings (SSSR count). The van der Waals surface area contributed by atoms with Crippen molar-refractivity contribution in [2.75, 3.05) is 6.54 Å². The summed E-state index contributed by atoms with van der Waals surface area (Å²) < 4.78 is 28.6. The number of nitrogens with one attached hydrogen (secondary N) is 1. The van der Waals surface area contributed by atoms with Gasteiger partial charge in [-0.15, -0.1) is 0 Å². The van der Waals surface area contributed by atoms with E-state index in [9.17, 15) is 13.6 Å². The Labute approximate surface area is 162 Å². The summed E-state index contributed by atoms with van der Waals surface area (Å²) in [5, 5.41) is 11.9. The molecule has 1 saturated heterocycles. The molecule has 3 aliphatic rings. The van der Waals surface area contributed by atoms with Crippen molar-refractivity contribution in [2.24, 2.45) is 11.3 Å². The summed E-state index contributed by atoms with van der Waals surface area (Å²) in [6.07, 6.45) is 3.41. The third kappa shape index (κ3) is 2.12. The molecule has 1 saturated carbocycles. The monoisotopic (exact) mass is 383 g/mol. The van der Waals surface area contributed by atoms with Gasteiger partial charge in [-0.2, -0.15) is 10.2 Å². The van der Waals surface area contributed by atoms with Crippen LogP contribution in [-0.4, -0.2) is 22.6 Å². The molecule has 1 amide bonds. The number of hydrogen-bond donors (Lipinski definition) is 1. The van der Waals surface area contributed by atoms with E-state index in [0.717, 1.165) is 30.5 Å². The van der Waals surface area contributed by atoms with Gasteiger partial charge in [0.25, 0.3) is 0 Å². The van der Waals surface area contributed by atoms with Crippen LogP contribution in [0.25, 0.3) is 11.3 Å². The van der Waals surface area contributed by atoms with Gasteiger partial charge in [0.15, 0.2) is 0 Å². The van der Waals surface area contributed by atoms with Gasteiger partial charge in [0, 0.05) is 18.4 Å². The second-order valence-electron chi connectivity index (χ2n) is 8.95. The lowest BCUT2D eigenvalue weighted by Gasteiger charge is -2.45. The Bertz CT molecular complexity index is 959. The molecule has 2 fully saturated rings. The summed E-state index contributed by atoms with van der Waals surface area (Å²) in [4.78, 5) is 11.7. The quantitative estimate of drug-likeness (QED) is 0.849. The molecular formula is C22H23F2N3O. The van der Waals surface area contributed by atoms with Crippen LogP contribution in [0.5, 0.6) is 0 Å². The molecule has 1 aromatic heterocycles. The molecule has 1 aliphatic heterocycles. The third-order valence-corrected chi connectivity index (χ3v) is 7.65. The first-order valence-corrected chi connectivity index (χ1v) is 9.95.